The molecule has 112 valence electrons. The maximum Gasteiger partial charge on any atom is 0.329 e. The normalized spacial score (nSPS) is 17.4. The van der Waals surface area contributed by atoms with Gasteiger partial charge in [-0.25, -0.2) is 9.78 Å². The molecule has 1 saturated heterocycles. The molecule has 1 aliphatic rings. The van der Waals surface area contributed by atoms with Gasteiger partial charge in [-0.1, -0.05) is 6.92 Å². The maximum absolute atomic E-state index is 10.5. The van der Waals surface area contributed by atoms with E-state index in [-0.39, 0.29) is 12.7 Å². The van der Waals surface area contributed by atoms with Crippen LogP contribution in [0.15, 0.2) is 12.5 Å². The molecule has 20 heavy (non-hydrogen) atoms. The molecule has 0 aromatic carbocycles. The average molecular weight is 281 g/mol. The summed E-state index contributed by atoms with van der Waals surface area (Å²) in [7, 11) is 0. The Hall–Kier alpha value is -1.40. The number of aromatic nitrogens is 2. The zero-order valence-electron chi connectivity index (χ0n) is 12.0. The maximum atomic E-state index is 10.5. The Morgan fingerprint density at radius 1 is 1.50 bits per heavy atom. The molecule has 2 heterocycles. The molecular weight excluding hydrogens is 258 g/mol. The summed E-state index contributed by atoms with van der Waals surface area (Å²) in [5.74, 6) is -0.893. The molecule has 0 atom stereocenters. The van der Waals surface area contributed by atoms with Gasteiger partial charge >= 0.3 is 5.97 Å². The first-order chi connectivity index (χ1) is 9.69. The van der Waals surface area contributed by atoms with Gasteiger partial charge in [-0.05, 0) is 19.3 Å². The molecule has 0 spiro atoms. The van der Waals surface area contributed by atoms with Crippen LogP contribution in [0.25, 0.3) is 0 Å². The van der Waals surface area contributed by atoms with Crippen molar-refractivity contribution in [2.24, 2.45) is 0 Å². The smallest absolute Gasteiger partial charge is 0.329 e. The van der Waals surface area contributed by atoms with Crippen LogP contribution < -0.4 is 0 Å². The quantitative estimate of drug-likeness (QED) is 0.817. The number of hydrogen-bond donors (Lipinski definition) is 1. The third kappa shape index (κ3) is 4.31. The van der Waals surface area contributed by atoms with Crippen LogP contribution in [0.3, 0.4) is 0 Å². The zero-order chi connectivity index (χ0) is 14.4. The Kier molecular flexibility index (Phi) is 5.55. The van der Waals surface area contributed by atoms with Crippen LogP contribution in [0, 0.1) is 0 Å². The molecule has 2 rings (SSSR count). The summed E-state index contributed by atoms with van der Waals surface area (Å²) in [6.45, 7) is 5.78. The minimum absolute atomic E-state index is 0.0860. The zero-order valence-corrected chi connectivity index (χ0v) is 12.0. The van der Waals surface area contributed by atoms with E-state index in [1.54, 1.807) is 0 Å². The highest BCUT2D eigenvalue weighted by Gasteiger charge is 2.21. The first-order valence-corrected chi connectivity index (χ1v) is 7.23. The van der Waals surface area contributed by atoms with E-state index < -0.39 is 5.97 Å². The highest BCUT2D eigenvalue weighted by Crippen LogP contribution is 2.16. The average Bonchev–Trinajstić information content (AvgIpc) is 2.86. The number of likely N-dealkylation sites (tertiary alicyclic amines) is 1. The molecule has 0 amide bonds. The molecule has 1 aliphatic heterocycles. The Balaban J connectivity index is 1.76. The van der Waals surface area contributed by atoms with Gasteiger partial charge in [-0.3, -0.25) is 4.90 Å². The first kappa shape index (κ1) is 15.0. The number of imidazole rings is 1. The lowest BCUT2D eigenvalue weighted by Gasteiger charge is -2.31. The lowest BCUT2D eigenvalue weighted by molar-refractivity contribution is -0.145. The van der Waals surface area contributed by atoms with Crippen LogP contribution in [-0.4, -0.2) is 51.3 Å². The van der Waals surface area contributed by atoms with Gasteiger partial charge in [0.05, 0.1) is 18.1 Å². The standard InChI is InChI=1S/C14H23N3O3/c1-2-5-17-11-15-8-12(17)9-16-6-3-13(4-7-16)20-10-14(18)19/h8,11,13H,2-7,9-10H2,1H3,(H,18,19). The minimum Gasteiger partial charge on any atom is -0.480 e. The number of aliphatic carboxylic acids is 1. The number of rotatable bonds is 7. The number of hydrogen-bond acceptors (Lipinski definition) is 4. The van der Waals surface area contributed by atoms with Gasteiger partial charge in [0, 0.05) is 32.4 Å². The summed E-state index contributed by atoms with van der Waals surface area (Å²) in [5.41, 5.74) is 1.25. The van der Waals surface area contributed by atoms with Crippen molar-refractivity contribution in [2.75, 3.05) is 19.7 Å². The number of carboxylic acids is 1. The third-order valence-electron chi connectivity index (χ3n) is 3.63. The molecule has 1 aromatic rings. The van der Waals surface area contributed by atoms with Crippen molar-refractivity contribution < 1.29 is 14.6 Å². The van der Waals surface area contributed by atoms with Gasteiger partial charge in [0.25, 0.3) is 0 Å². The second-order valence-electron chi connectivity index (χ2n) is 5.26. The van der Waals surface area contributed by atoms with Crippen molar-refractivity contribution in [1.82, 2.24) is 14.5 Å². The third-order valence-corrected chi connectivity index (χ3v) is 3.63. The van der Waals surface area contributed by atoms with Crippen molar-refractivity contribution in [3.63, 3.8) is 0 Å². The molecule has 0 radical (unpaired) electrons. The topological polar surface area (TPSA) is 67.6 Å². The second-order valence-corrected chi connectivity index (χ2v) is 5.26. The Morgan fingerprint density at radius 2 is 2.25 bits per heavy atom. The number of ether oxygens (including phenoxy) is 1. The van der Waals surface area contributed by atoms with Crippen molar-refractivity contribution in [3.05, 3.63) is 18.2 Å². The fourth-order valence-electron chi connectivity index (χ4n) is 2.57. The molecule has 0 aliphatic carbocycles. The van der Waals surface area contributed by atoms with Crippen molar-refractivity contribution in [2.45, 2.75) is 45.4 Å². The van der Waals surface area contributed by atoms with E-state index in [9.17, 15) is 4.79 Å². The van der Waals surface area contributed by atoms with E-state index in [0.29, 0.717) is 0 Å². The van der Waals surface area contributed by atoms with E-state index in [1.165, 1.54) is 5.69 Å². The fourth-order valence-corrected chi connectivity index (χ4v) is 2.57. The van der Waals surface area contributed by atoms with Gasteiger partial charge in [0.1, 0.15) is 6.61 Å². The van der Waals surface area contributed by atoms with Crippen molar-refractivity contribution >= 4 is 5.97 Å². The van der Waals surface area contributed by atoms with E-state index >= 15 is 0 Å². The van der Waals surface area contributed by atoms with Crippen LogP contribution in [0.4, 0.5) is 0 Å². The van der Waals surface area contributed by atoms with E-state index in [2.05, 4.69) is 21.4 Å². The number of nitrogens with zero attached hydrogens (tertiary/aromatic N) is 3. The fraction of sp³-hybridized carbons (Fsp3) is 0.714. The van der Waals surface area contributed by atoms with Crippen molar-refractivity contribution in [3.8, 4) is 0 Å². The van der Waals surface area contributed by atoms with Crippen LogP contribution in [0.5, 0.6) is 0 Å². The minimum atomic E-state index is -0.893. The number of carboxylic acid groups (broad SMARTS) is 1. The Morgan fingerprint density at radius 3 is 2.90 bits per heavy atom. The van der Waals surface area contributed by atoms with Gasteiger partial charge in [0.15, 0.2) is 0 Å². The Bertz CT molecular complexity index is 425. The second kappa shape index (κ2) is 7.40. The Labute approximate surface area is 119 Å². The number of aryl methyl sites for hydroxylation is 1. The predicted octanol–water partition coefficient (Wildman–Crippen LogP) is 1.36. The molecule has 0 bridgehead atoms. The van der Waals surface area contributed by atoms with Crippen LogP contribution in [0.2, 0.25) is 0 Å². The molecule has 0 saturated carbocycles. The summed E-state index contributed by atoms with van der Waals surface area (Å²) in [4.78, 5) is 17.1. The molecule has 0 unspecified atom stereocenters. The molecule has 6 nitrogen and oxygen atoms in total. The molecule has 1 fully saturated rings. The molecule has 6 heteroatoms. The summed E-state index contributed by atoms with van der Waals surface area (Å²) < 4.78 is 7.55. The first-order valence-electron chi connectivity index (χ1n) is 7.23. The monoisotopic (exact) mass is 281 g/mol. The number of piperidine rings is 1. The summed E-state index contributed by atoms with van der Waals surface area (Å²) in [6, 6.07) is 0. The highest BCUT2D eigenvalue weighted by molar-refractivity contribution is 5.68. The summed E-state index contributed by atoms with van der Waals surface area (Å²) in [5, 5.41) is 8.60. The molecule has 1 N–H and O–H groups in total. The lowest BCUT2D eigenvalue weighted by Crippen LogP contribution is -2.37. The van der Waals surface area contributed by atoms with Crippen LogP contribution >= 0.6 is 0 Å². The highest BCUT2D eigenvalue weighted by atomic mass is 16.5. The van der Waals surface area contributed by atoms with Gasteiger partial charge < -0.3 is 14.4 Å². The van der Waals surface area contributed by atoms with Crippen molar-refractivity contribution in [1.29, 1.82) is 0 Å². The van der Waals surface area contributed by atoms with Gasteiger partial charge in [-0.15, -0.1) is 0 Å². The van der Waals surface area contributed by atoms with Gasteiger partial charge in [0.2, 0.25) is 0 Å². The van der Waals surface area contributed by atoms with Crippen LogP contribution in [-0.2, 0) is 22.6 Å². The predicted molar refractivity (Wildman–Crippen MR) is 74.4 cm³/mol. The molecule has 1 aromatic heterocycles. The molecular formula is C14H23N3O3. The van der Waals surface area contributed by atoms with Gasteiger partial charge in [-0.2, -0.15) is 0 Å². The van der Waals surface area contributed by atoms with E-state index in [0.717, 1.165) is 45.4 Å². The van der Waals surface area contributed by atoms with Crippen LogP contribution in [0.1, 0.15) is 31.9 Å². The van der Waals surface area contributed by atoms with E-state index in [1.807, 2.05) is 12.5 Å². The SMILES string of the molecule is CCCn1cncc1CN1CCC(OCC(=O)O)CC1. The lowest BCUT2D eigenvalue weighted by atomic mass is 10.1. The van der Waals surface area contributed by atoms with E-state index in [4.69, 9.17) is 9.84 Å². The summed E-state index contributed by atoms with van der Waals surface area (Å²) >= 11 is 0. The largest absolute Gasteiger partial charge is 0.480 e. The summed E-state index contributed by atoms with van der Waals surface area (Å²) in [6.07, 6.45) is 6.81. The number of carbonyl (C=O) groups is 1.